The first kappa shape index (κ1) is 27.4. The molecule has 5 nitrogen and oxygen atoms in total. The van der Waals surface area contributed by atoms with Crippen LogP contribution >= 0.6 is 0 Å². The molecule has 0 aliphatic carbocycles. The Morgan fingerprint density at radius 1 is 0.767 bits per heavy atom. The van der Waals surface area contributed by atoms with Gasteiger partial charge in [-0.15, -0.1) is 0 Å². The van der Waals surface area contributed by atoms with Gasteiger partial charge in [-0.25, -0.2) is 0 Å². The van der Waals surface area contributed by atoms with Gasteiger partial charge >= 0.3 is 7.48 Å². The lowest BCUT2D eigenvalue weighted by atomic mass is 9.81. The molecule has 2 aliphatic heterocycles. The lowest BCUT2D eigenvalue weighted by molar-refractivity contribution is -0.0893. The minimum absolute atomic E-state index is 0.00757. The molecule has 5 aromatic rings. The number of aromatic nitrogens is 1. The third-order valence-corrected chi connectivity index (χ3v) is 9.16. The Morgan fingerprint density at radius 2 is 1.53 bits per heavy atom. The second kappa shape index (κ2) is 10.4. The average Bonchev–Trinajstić information content (AvgIpc) is 3.56. The van der Waals surface area contributed by atoms with Crippen molar-refractivity contribution in [2.45, 2.75) is 51.0 Å². The summed E-state index contributed by atoms with van der Waals surface area (Å²) in [5, 5.41) is 13.1. The van der Waals surface area contributed by atoms with Gasteiger partial charge in [0.1, 0.15) is 11.9 Å². The van der Waals surface area contributed by atoms with E-state index < -0.39 is 11.2 Å². The molecule has 6 heteroatoms. The van der Waals surface area contributed by atoms with Crippen LogP contribution in [0.15, 0.2) is 126 Å². The quantitative estimate of drug-likeness (QED) is 0.218. The van der Waals surface area contributed by atoms with Crippen LogP contribution in [0.1, 0.15) is 50.9 Å². The maximum absolute atomic E-state index is 10.6. The fourth-order valence-electron chi connectivity index (χ4n) is 6.09. The summed E-state index contributed by atoms with van der Waals surface area (Å²) in [6, 6.07) is 34.5. The van der Waals surface area contributed by atoms with Crippen LogP contribution in [0.2, 0.25) is 0 Å². The monoisotopic (exact) mass is 565 g/mol. The fourth-order valence-corrected chi connectivity index (χ4v) is 6.09. The molecule has 0 amide bonds. The molecule has 3 heterocycles. The molecule has 1 aromatic heterocycles. The normalized spacial score (nSPS) is 18.3. The molecular weight excluding hydrogens is 529 g/mol. The van der Waals surface area contributed by atoms with Crippen LogP contribution in [-0.4, -0.2) is 39.1 Å². The number of para-hydroxylation sites is 2. The highest BCUT2D eigenvalue weighted by Gasteiger charge is 2.38. The summed E-state index contributed by atoms with van der Waals surface area (Å²) in [5.74, 6) is 0.964. The molecular formula is C37H36BN3O2. The summed E-state index contributed by atoms with van der Waals surface area (Å²) in [5.41, 5.74) is 5.28. The summed E-state index contributed by atoms with van der Waals surface area (Å²) >= 11 is 0. The molecule has 0 saturated carbocycles. The first-order valence-electron chi connectivity index (χ1n) is 15.0. The van der Waals surface area contributed by atoms with Crippen molar-refractivity contribution in [2.24, 2.45) is 4.99 Å². The Labute approximate surface area is 253 Å². The van der Waals surface area contributed by atoms with E-state index >= 15 is 0 Å². The van der Waals surface area contributed by atoms with Gasteiger partial charge in [-0.05, 0) is 75.2 Å². The summed E-state index contributed by atoms with van der Waals surface area (Å²) in [6.07, 6.45) is 8.36. The highest BCUT2D eigenvalue weighted by atomic mass is 16.5. The van der Waals surface area contributed by atoms with Crippen molar-refractivity contribution in [1.29, 1.82) is 0 Å². The highest BCUT2D eigenvalue weighted by Crippen LogP contribution is 2.44. The summed E-state index contributed by atoms with van der Waals surface area (Å²) < 4.78 is 8.58. The minimum atomic E-state index is -0.963. The van der Waals surface area contributed by atoms with Gasteiger partial charge in [0.2, 0.25) is 0 Å². The Hall–Kier alpha value is -4.39. The molecule has 43 heavy (non-hydrogen) atoms. The van der Waals surface area contributed by atoms with Crippen molar-refractivity contribution < 1.29 is 9.76 Å². The topological polar surface area (TPSA) is 50.0 Å². The largest absolute Gasteiger partial charge is 0.427 e. The maximum atomic E-state index is 10.6. The van der Waals surface area contributed by atoms with Crippen LogP contribution in [0.3, 0.4) is 0 Å². The number of nitrogens with zero attached hydrogens (tertiary/aromatic N) is 3. The molecule has 2 atom stereocenters. The van der Waals surface area contributed by atoms with Gasteiger partial charge in [0, 0.05) is 22.7 Å². The van der Waals surface area contributed by atoms with E-state index in [1.54, 1.807) is 13.8 Å². The zero-order valence-electron chi connectivity index (χ0n) is 25.1. The Balaban J connectivity index is 1.32. The first-order valence-corrected chi connectivity index (χ1v) is 15.0. The second-order valence-electron chi connectivity index (χ2n) is 12.6. The van der Waals surface area contributed by atoms with Crippen molar-refractivity contribution >= 4 is 40.6 Å². The molecule has 0 saturated heterocycles. The van der Waals surface area contributed by atoms with Gasteiger partial charge in [-0.2, -0.15) is 0 Å². The van der Waals surface area contributed by atoms with E-state index in [4.69, 9.17) is 9.65 Å². The van der Waals surface area contributed by atoms with Crippen molar-refractivity contribution in [1.82, 2.24) is 9.47 Å². The van der Waals surface area contributed by atoms with Gasteiger partial charge in [0.05, 0.1) is 28.3 Å². The van der Waals surface area contributed by atoms with Crippen molar-refractivity contribution in [3.63, 3.8) is 0 Å². The number of hydrogen-bond acceptors (Lipinski definition) is 4. The third-order valence-electron chi connectivity index (χ3n) is 9.16. The number of aliphatic hydroxyl groups is 1. The molecule has 2 aliphatic rings. The van der Waals surface area contributed by atoms with Crippen molar-refractivity contribution in [2.75, 3.05) is 0 Å². The smallest absolute Gasteiger partial charge is 0.309 e. The molecule has 0 bridgehead atoms. The number of hydrogen-bond donors (Lipinski definition) is 1. The summed E-state index contributed by atoms with van der Waals surface area (Å²) in [7, 11) is 0.408. The van der Waals surface area contributed by atoms with Crippen molar-refractivity contribution in [3.8, 4) is 5.69 Å². The van der Waals surface area contributed by atoms with E-state index in [1.165, 1.54) is 27.4 Å². The Kier molecular flexibility index (Phi) is 6.64. The van der Waals surface area contributed by atoms with E-state index in [1.807, 2.05) is 19.9 Å². The molecule has 0 radical (unpaired) electrons. The number of fused-ring (bicyclic) bond motifs is 4. The van der Waals surface area contributed by atoms with Crippen LogP contribution in [0.4, 0.5) is 0 Å². The number of rotatable bonds is 7. The molecule has 0 spiro atoms. The summed E-state index contributed by atoms with van der Waals surface area (Å²) in [6.45, 7) is 7.43. The lowest BCUT2D eigenvalue weighted by Gasteiger charge is -2.37. The average molecular weight is 566 g/mol. The maximum Gasteiger partial charge on any atom is 0.309 e. The predicted octanol–water partition coefficient (Wildman–Crippen LogP) is 6.91. The molecule has 4 aromatic carbocycles. The fraction of sp³-hybridized carbons (Fsp3) is 0.216. The van der Waals surface area contributed by atoms with E-state index in [0.29, 0.717) is 7.48 Å². The zero-order valence-corrected chi connectivity index (χ0v) is 25.1. The SMILES string of the molecule is CC(C)(O)C(C)(C)OBc1cccc(C2N=C3C=CC=CN3C2c2ccc3c4ccccc4n(-c4ccccc4)c3c2)c1. The molecule has 1 N–H and O–H groups in total. The number of allylic oxidation sites excluding steroid dienone is 2. The zero-order chi connectivity index (χ0) is 29.8. The number of aliphatic imine (C=N–C) groups is 1. The van der Waals surface area contributed by atoms with Crippen LogP contribution in [0.25, 0.3) is 27.5 Å². The van der Waals surface area contributed by atoms with Crippen LogP contribution in [-0.2, 0) is 4.65 Å². The van der Waals surface area contributed by atoms with E-state index in [9.17, 15) is 5.11 Å². The molecule has 7 rings (SSSR count). The predicted molar refractivity (Wildman–Crippen MR) is 179 cm³/mol. The van der Waals surface area contributed by atoms with E-state index in [0.717, 1.165) is 22.5 Å². The Morgan fingerprint density at radius 3 is 2.35 bits per heavy atom. The molecule has 2 unspecified atom stereocenters. The number of amidine groups is 1. The standard InChI is InChI=1S/C37H36BN3O2/c1-36(2,42)37(3,4)43-38-27-14-12-13-25(23-27)34-35(40-22-11-10-19-33(40)39-34)26-20-21-30-29-17-8-9-18-31(29)41(32(30)24-26)28-15-6-5-7-16-28/h5-24,34-35,38,42H,1-4H3. The minimum Gasteiger partial charge on any atom is -0.427 e. The van der Waals surface area contributed by atoms with Crippen LogP contribution < -0.4 is 5.46 Å². The van der Waals surface area contributed by atoms with Gasteiger partial charge in [-0.1, -0.05) is 84.3 Å². The summed E-state index contributed by atoms with van der Waals surface area (Å²) in [4.78, 5) is 7.54. The highest BCUT2D eigenvalue weighted by molar-refractivity contribution is 6.47. The van der Waals surface area contributed by atoms with E-state index in [-0.39, 0.29) is 12.1 Å². The molecule has 214 valence electrons. The van der Waals surface area contributed by atoms with Gasteiger partial charge in [0.25, 0.3) is 0 Å². The Bertz CT molecular complexity index is 1910. The van der Waals surface area contributed by atoms with Gasteiger partial charge < -0.3 is 19.2 Å². The van der Waals surface area contributed by atoms with Gasteiger partial charge in [0.15, 0.2) is 0 Å². The van der Waals surface area contributed by atoms with Crippen LogP contribution in [0.5, 0.6) is 0 Å². The second-order valence-corrected chi connectivity index (χ2v) is 12.6. The lowest BCUT2D eigenvalue weighted by Crippen LogP contribution is -2.49. The van der Waals surface area contributed by atoms with Crippen LogP contribution in [0, 0.1) is 0 Å². The van der Waals surface area contributed by atoms with Gasteiger partial charge in [-0.3, -0.25) is 4.99 Å². The first-order chi connectivity index (χ1) is 20.7. The molecule has 0 fully saturated rings. The third kappa shape index (κ3) is 4.81. The van der Waals surface area contributed by atoms with Crippen molar-refractivity contribution in [3.05, 3.63) is 133 Å². The number of benzene rings is 4. The van der Waals surface area contributed by atoms with E-state index in [2.05, 4.69) is 125 Å².